The molecule has 0 saturated heterocycles. The van der Waals surface area contributed by atoms with Crippen molar-refractivity contribution in [1.82, 2.24) is 15.1 Å². The fraction of sp³-hybridized carbons (Fsp3) is 0.286. The smallest absolute Gasteiger partial charge is 0.127 e. The fourth-order valence-corrected chi connectivity index (χ4v) is 3.60. The zero-order valence-electron chi connectivity index (χ0n) is 14.2. The molecule has 1 aliphatic carbocycles. The quantitative estimate of drug-likeness (QED) is 0.756. The predicted molar refractivity (Wildman–Crippen MR) is 96.7 cm³/mol. The molecule has 1 N–H and O–H groups in total. The number of fused-ring (bicyclic) bond motifs is 1. The lowest BCUT2D eigenvalue weighted by atomic mass is 9.92. The minimum Gasteiger partial charge on any atom is -0.306 e. The summed E-state index contributed by atoms with van der Waals surface area (Å²) in [7, 11) is 0. The molecule has 128 valence electrons. The van der Waals surface area contributed by atoms with Crippen LogP contribution in [0.5, 0.6) is 0 Å². The highest BCUT2D eigenvalue weighted by Crippen LogP contribution is 2.30. The number of hydrogen-bond acceptors (Lipinski definition) is 2. The van der Waals surface area contributed by atoms with Crippen molar-refractivity contribution >= 4 is 0 Å². The van der Waals surface area contributed by atoms with Crippen LogP contribution in [0.15, 0.2) is 60.8 Å². The number of hydrogen-bond donors (Lipinski definition) is 1. The largest absolute Gasteiger partial charge is 0.306 e. The molecule has 0 aliphatic heterocycles. The molecule has 1 aromatic heterocycles. The van der Waals surface area contributed by atoms with E-state index in [0.29, 0.717) is 12.1 Å². The highest BCUT2D eigenvalue weighted by molar-refractivity contribution is 5.27. The molecule has 4 heteroatoms. The minimum absolute atomic E-state index is 0.147. The van der Waals surface area contributed by atoms with Gasteiger partial charge in [-0.3, -0.25) is 4.68 Å². The van der Waals surface area contributed by atoms with Gasteiger partial charge in [-0.05, 0) is 30.9 Å². The first-order valence-corrected chi connectivity index (χ1v) is 8.86. The SMILES string of the molecule is Fc1ccccc1CN[C@H]1CCCc2c1cnn2Cc1ccccc1. The second kappa shape index (κ2) is 7.19. The fourth-order valence-electron chi connectivity index (χ4n) is 3.60. The Morgan fingerprint density at radius 2 is 1.88 bits per heavy atom. The molecule has 1 atom stereocenters. The first-order valence-electron chi connectivity index (χ1n) is 8.86. The van der Waals surface area contributed by atoms with E-state index >= 15 is 0 Å². The van der Waals surface area contributed by atoms with Crippen molar-refractivity contribution in [3.8, 4) is 0 Å². The van der Waals surface area contributed by atoms with E-state index in [9.17, 15) is 4.39 Å². The molecule has 0 spiro atoms. The molecule has 0 amide bonds. The number of nitrogens with one attached hydrogen (secondary N) is 1. The van der Waals surface area contributed by atoms with Gasteiger partial charge in [-0.1, -0.05) is 48.5 Å². The van der Waals surface area contributed by atoms with Gasteiger partial charge in [-0.25, -0.2) is 4.39 Å². The molecular weight excluding hydrogens is 313 g/mol. The molecule has 4 rings (SSSR count). The Morgan fingerprint density at radius 1 is 1.08 bits per heavy atom. The molecule has 25 heavy (non-hydrogen) atoms. The zero-order chi connectivity index (χ0) is 17.1. The van der Waals surface area contributed by atoms with Crippen LogP contribution in [0.1, 0.15) is 41.3 Å². The van der Waals surface area contributed by atoms with Crippen LogP contribution in [0.3, 0.4) is 0 Å². The first kappa shape index (κ1) is 16.0. The number of benzene rings is 2. The summed E-state index contributed by atoms with van der Waals surface area (Å²) in [5, 5.41) is 8.14. The Morgan fingerprint density at radius 3 is 2.72 bits per heavy atom. The van der Waals surface area contributed by atoms with E-state index in [1.54, 1.807) is 6.07 Å². The Hall–Kier alpha value is -2.46. The molecule has 2 aromatic carbocycles. The van der Waals surface area contributed by atoms with Crippen molar-refractivity contribution in [3.05, 3.63) is 89.0 Å². The van der Waals surface area contributed by atoms with Crippen LogP contribution >= 0.6 is 0 Å². The molecule has 3 aromatic rings. The lowest BCUT2D eigenvalue weighted by Gasteiger charge is -2.24. The van der Waals surface area contributed by atoms with Gasteiger partial charge in [0.2, 0.25) is 0 Å². The summed E-state index contributed by atoms with van der Waals surface area (Å²) in [6, 6.07) is 17.6. The van der Waals surface area contributed by atoms with Crippen LogP contribution in [0, 0.1) is 5.82 Å². The molecule has 3 nitrogen and oxygen atoms in total. The summed E-state index contributed by atoms with van der Waals surface area (Å²) in [5.41, 5.74) is 4.54. The summed E-state index contributed by atoms with van der Waals surface area (Å²) < 4.78 is 15.9. The monoisotopic (exact) mass is 335 g/mol. The molecule has 0 saturated carbocycles. The highest BCUT2D eigenvalue weighted by atomic mass is 19.1. The second-order valence-corrected chi connectivity index (χ2v) is 6.61. The Bertz CT molecular complexity index is 841. The summed E-state index contributed by atoms with van der Waals surface area (Å²) >= 11 is 0. The van der Waals surface area contributed by atoms with E-state index in [-0.39, 0.29) is 11.9 Å². The maximum Gasteiger partial charge on any atom is 0.127 e. The molecule has 1 aliphatic rings. The van der Waals surface area contributed by atoms with E-state index in [2.05, 4.69) is 39.4 Å². The van der Waals surface area contributed by atoms with Crippen molar-refractivity contribution in [3.63, 3.8) is 0 Å². The summed E-state index contributed by atoms with van der Waals surface area (Å²) in [5.74, 6) is -0.147. The van der Waals surface area contributed by atoms with Crippen molar-refractivity contribution in [1.29, 1.82) is 0 Å². The number of aromatic nitrogens is 2. The average Bonchev–Trinajstić information content (AvgIpc) is 3.05. The minimum atomic E-state index is -0.147. The van der Waals surface area contributed by atoms with Crippen molar-refractivity contribution in [2.45, 2.75) is 38.4 Å². The molecule has 1 heterocycles. The molecular formula is C21H22FN3. The lowest BCUT2D eigenvalue weighted by Crippen LogP contribution is -2.25. The zero-order valence-corrected chi connectivity index (χ0v) is 14.2. The highest BCUT2D eigenvalue weighted by Gasteiger charge is 2.24. The normalized spacial score (nSPS) is 16.6. The third kappa shape index (κ3) is 3.49. The van der Waals surface area contributed by atoms with Crippen molar-refractivity contribution in [2.24, 2.45) is 0 Å². The Kier molecular flexibility index (Phi) is 4.61. The number of nitrogens with zero attached hydrogens (tertiary/aromatic N) is 2. The van der Waals surface area contributed by atoms with E-state index in [1.807, 2.05) is 24.4 Å². The van der Waals surface area contributed by atoms with Gasteiger partial charge < -0.3 is 5.32 Å². The standard InChI is InChI=1S/C21H22FN3/c22-19-10-5-4-9-17(19)13-23-20-11-6-12-21-18(20)14-24-25(21)15-16-7-2-1-3-8-16/h1-5,7-10,14,20,23H,6,11-13,15H2/t20-/m0/s1. The van der Waals surface area contributed by atoms with Gasteiger partial charge in [0.05, 0.1) is 12.7 Å². The van der Waals surface area contributed by atoms with Crippen LogP contribution < -0.4 is 5.32 Å². The van der Waals surface area contributed by atoms with E-state index in [0.717, 1.165) is 25.8 Å². The number of rotatable bonds is 5. The molecule has 0 radical (unpaired) electrons. The van der Waals surface area contributed by atoms with E-state index < -0.39 is 0 Å². The summed E-state index contributed by atoms with van der Waals surface area (Å²) in [6.45, 7) is 1.34. The van der Waals surface area contributed by atoms with Gasteiger partial charge in [0, 0.05) is 29.4 Å². The molecule has 0 unspecified atom stereocenters. The van der Waals surface area contributed by atoms with Gasteiger partial charge in [0.15, 0.2) is 0 Å². The van der Waals surface area contributed by atoms with Crippen LogP contribution in [0.4, 0.5) is 4.39 Å². The lowest BCUT2D eigenvalue weighted by molar-refractivity contribution is 0.444. The van der Waals surface area contributed by atoms with Gasteiger partial charge in [0.1, 0.15) is 5.82 Å². The van der Waals surface area contributed by atoms with Gasteiger partial charge in [0.25, 0.3) is 0 Å². The Labute approximate surface area is 147 Å². The topological polar surface area (TPSA) is 29.9 Å². The summed E-state index contributed by atoms with van der Waals surface area (Å²) in [4.78, 5) is 0. The third-order valence-corrected chi connectivity index (χ3v) is 4.93. The maximum absolute atomic E-state index is 13.8. The van der Waals surface area contributed by atoms with Crippen LogP contribution in [-0.2, 0) is 19.5 Å². The molecule has 0 fully saturated rings. The van der Waals surface area contributed by atoms with Crippen molar-refractivity contribution in [2.75, 3.05) is 0 Å². The Balaban J connectivity index is 1.50. The van der Waals surface area contributed by atoms with Crippen molar-refractivity contribution < 1.29 is 4.39 Å². The van der Waals surface area contributed by atoms with E-state index in [1.165, 1.54) is 22.9 Å². The predicted octanol–water partition coefficient (Wildman–Crippen LogP) is 4.24. The maximum atomic E-state index is 13.8. The van der Waals surface area contributed by atoms with Gasteiger partial charge in [-0.15, -0.1) is 0 Å². The second-order valence-electron chi connectivity index (χ2n) is 6.61. The third-order valence-electron chi connectivity index (χ3n) is 4.93. The summed E-state index contributed by atoms with van der Waals surface area (Å²) in [6.07, 6.45) is 5.23. The number of halogens is 1. The molecule has 0 bridgehead atoms. The van der Waals surface area contributed by atoms with Gasteiger partial charge >= 0.3 is 0 Å². The van der Waals surface area contributed by atoms with Crippen LogP contribution in [0.2, 0.25) is 0 Å². The first-order chi connectivity index (χ1) is 12.3. The van der Waals surface area contributed by atoms with Gasteiger partial charge in [-0.2, -0.15) is 5.10 Å². The average molecular weight is 335 g/mol. The van der Waals surface area contributed by atoms with E-state index in [4.69, 9.17) is 0 Å². The van der Waals surface area contributed by atoms with Crippen LogP contribution in [-0.4, -0.2) is 9.78 Å². The van der Waals surface area contributed by atoms with Crippen LogP contribution in [0.25, 0.3) is 0 Å².